The number of aromatic carboxylic acids is 1. The molecule has 0 bridgehead atoms. The van der Waals surface area contributed by atoms with E-state index in [1.807, 2.05) is 17.3 Å². The molecular formula is C11H11BrN2O2S2. The zero-order valence-electron chi connectivity index (χ0n) is 9.81. The molecule has 7 heteroatoms. The number of anilines is 1. The van der Waals surface area contributed by atoms with Gasteiger partial charge in [-0.1, -0.05) is 0 Å². The van der Waals surface area contributed by atoms with Gasteiger partial charge in [-0.3, -0.25) is 0 Å². The minimum atomic E-state index is -0.970. The molecule has 0 saturated heterocycles. The molecule has 0 radical (unpaired) electrons. The lowest BCUT2D eigenvalue weighted by molar-refractivity contribution is 0.0690. The van der Waals surface area contributed by atoms with Crippen LogP contribution in [0, 0.1) is 6.92 Å². The molecule has 1 N–H and O–H groups in total. The van der Waals surface area contributed by atoms with Gasteiger partial charge in [0.05, 0.1) is 6.54 Å². The first-order valence-electron chi connectivity index (χ1n) is 5.12. The third-order valence-corrected chi connectivity index (χ3v) is 5.10. The molecule has 0 atom stereocenters. The van der Waals surface area contributed by atoms with E-state index in [2.05, 4.69) is 27.0 Å². The molecule has 0 spiro atoms. The van der Waals surface area contributed by atoms with Gasteiger partial charge in [-0.15, -0.1) is 22.7 Å². The number of carboxylic acids is 1. The van der Waals surface area contributed by atoms with Crippen molar-refractivity contribution in [3.05, 3.63) is 31.4 Å². The number of hydrogen-bond acceptors (Lipinski definition) is 5. The topological polar surface area (TPSA) is 53.4 Å². The summed E-state index contributed by atoms with van der Waals surface area (Å²) in [5.74, 6) is -0.970. The number of hydrogen-bond donors (Lipinski definition) is 1. The van der Waals surface area contributed by atoms with E-state index in [9.17, 15) is 4.79 Å². The Morgan fingerprint density at radius 3 is 2.83 bits per heavy atom. The summed E-state index contributed by atoms with van der Waals surface area (Å²) in [6, 6.07) is 2.06. The van der Waals surface area contributed by atoms with Crippen LogP contribution >= 0.6 is 38.6 Å². The fourth-order valence-electron chi connectivity index (χ4n) is 1.48. The van der Waals surface area contributed by atoms with Gasteiger partial charge >= 0.3 is 5.97 Å². The Bertz CT molecular complexity index is 579. The maximum atomic E-state index is 10.9. The van der Waals surface area contributed by atoms with Crippen molar-refractivity contribution < 1.29 is 9.90 Å². The molecule has 0 aliphatic rings. The van der Waals surface area contributed by atoms with Crippen LogP contribution in [-0.2, 0) is 6.54 Å². The zero-order valence-corrected chi connectivity index (χ0v) is 13.0. The molecule has 2 heterocycles. The van der Waals surface area contributed by atoms with E-state index in [0.717, 1.165) is 21.0 Å². The predicted octanol–water partition coefficient (Wildman–Crippen LogP) is 3.61. The molecule has 18 heavy (non-hydrogen) atoms. The van der Waals surface area contributed by atoms with Crippen LogP contribution in [0.2, 0.25) is 0 Å². The molecule has 2 aromatic rings. The first-order valence-corrected chi connectivity index (χ1v) is 7.61. The van der Waals surface area contributed by atoms with E-state index < -0.39 is 5.97 Å². The van der Waals surface area contributed by atoms with Crippen molar-refractivity contribution in [1.29, 1.82) is 0 Å². The summed E-state index contributed by atoms with van der Waals surface area (Å²) in [7, 11) is 1.91. The van der Waals surface area contributed by atoms with Crippen LogP contribution in [0.15, 0.2) is 15.9 Å². The zero-order chi connectivity index (χ0) is 13.3. The summed E-state index contributed by atoms with van der Waals surface area (Å²) in [5.41, 5.74) is 0.147. The first-order chi connectivity index (χ1) is 8.47. The van der Waals surface area contributed by atoms with Crippen molar-refractivity contribution in [1.82, 2.24) is 4.98 Å². The fourth-order valence-corrected chi connectivity index (χ4v) is 3.85. The number of nitrogens with zero attached hydrogens (tertiary/aromatic N) is 2. The average molecular weight is 347 g/mol. The molecular weight excluding hydrogens is 336 g/mol. The van der Waals surface area contributed by atoms with Gasteiger partial charge in [0.1, 0.15) is 0 Å². The van der Waals surface area contributed by atoms with E-state index in [1.165, 1.54) is 16.2 Å². The summed E-state index contributed by atoms with van der Waals surface area (Å²) in [6.07, 6.45) is 0. The molecule has 0 aliphatic carbocycles. The highest BCUT2D eigenvalue weighted by Crippen LogP contribution is 2.28. The lowest BCUT2D eigenvalue weighted by Gasteiger charge is -2.13. The van der Waals surface area contributed by atoms with Gasteiger partial charge in [0.2, 0.25) is 0 Å². The second kappa shape index (κ2) is 5.38. The van der Waals surface area contributed by atoms with Gasteiger partial charge < -0.3 is 10.0 Å². The number of rotatable bonds is 4. The second-order valence-corrected chi connectivity index (χ2v) is 6.89. The Balaban J connectivity index is 2.16. The third-order valence-electron chi connectivity index (χ3n) is 2.33. The first kappa shape index (κ1) is 13.5. The van der Waals surface area contributed by atoms with E-state index in [1.54, 1.807) is 18.3 Å². The monoisotopic (exact) mass is 346 g/mol. The number of thiazole rings is 1. The van der Waals surface area contributed by atoms with Crippen molar-refractivity contribution in [3.63, 3.8) is 0 Å². The second-order valence-electron chi connectivity index (χ2n) is 3.79. The molecule has 0 unspecified atom stereocenters. The molecule has 4 nitrogen and oxygen atoms in total. The van der Waals surface area contributed by atoms with Crippen molar-refractivity contribution >= 4 is 49.7 Å². The number of carboxylic acid groups (broad SMARTS) is 1. The Hall–Kier alpha value is -0.920. The Kier molecular flexibility index (Phi) is 4.04. The highest BCUT2D eigenvalue weighted by Gasteiger charge is 2.16. The number of thiophene rings is 1. The van der Waals surface area contributed by atoms with Gasteiger partial charge in [-0.2, -0.15) is 0 Å². The maximum absolute atomic E-state index is 10.9. The summed E-state index contributed by atoms with van der Waals surface area (Å²) < 4.78 is 1.07. The standard InChI is InChI=1S/C11H11BrN2O2S2/c1-6-9(10(15)16)13-11(18-6)14(2)4-8-3-7(12)5-17-8/h3,5H,4H2,1-2H3,(H,15,16). The summed E-state index contributed by atoms with van der Waals surface area (Å²) in [5, 5.41) is 11.7. The van der Waals surface area contributed by atoms with Crippen molar-refractivity contribution in [3.8, 4) is 0 Å². The van der Waals surface area contributed by atoms with Crippen LogP contribution in [0.4, 0.5) is 5.13 Å². The van der Waals surface area contributed by atoms with Crippen LogP contribution in [0.5, 0.6) is 0 Å². The van der Waals surface area contributed by atoms with Gasteiger partial charge in [0, 0.05) is 26.7 Å². The van der Waals surface area contributed by atoms with Crippen molar-refractivity contribution in [2.45, 2.75) is 13.5 Å². The summed E-state index contributed by atoms with van der Waals surface area (Å²) >= 11 is 6.48. The number of aryl methyl sites for hydroxylation is 1. The number of aromatic nitrogens is 1. The molecule has 96 valence electrons. The quantitative estimate of drug-likeness (QED) is 0.918. The summed E-state index contributed by atoms with van der Waals surface area (Å²) in [4.78, 5) is 19.0. The Labute approximate surface area is 121 Å². The maximum Gasteiger partial charge on any atom is 0.355 e. The van der Waals surface area contributed by atoms with Crippen molar-refractivity contribution in [2.24, 2.45) is 0 Å². The number of carbonyl (C=O) groups is 1. The third kappa shape index (κ3) is 2.90. The largest absolute Gasteiger partial charge is 0.476 e. The molecule has 0 amide bonds. The van der Waals surface area contributed by atoms with Crippen LogP contribution in [-0.4, -0.2) is 23.1 Å². The van der Waals surface area contributed by atoms with Crippen LogP contribution < -0.4 is 4.90 Å². The number of halogens is 1. The van der Waals surface area contributed by atoms with E-state index in [-0.39, 0.29) is 5.69 Å². The van der Waals surface area contributed by atoms with Crippen LogP contribution in [0.1, 0.15) is 20.2 Å². The fraction of sp³-hybridized carbons (Fsp3) is 0.273. The van der Waals surface area contributed by atoms with Crippen LogP contribution in [0.25, 0.3) is 0 Å². The highest BCUT2D eigenvalue weighted by molar-refractivity contribution is 9.10. The van der Waals surface area contributed by atoms with Gasteiger partial charge in [0.15, 0.2) is 10.8 Å². The molecule has 2 aromatic heterocycles. The summed E-state index contributed by atoms with van der Waals surface area (Å²) in [6.45, 7) is 2.50. The Morgan fingerprint density at radius 2 is 2.33 bits per heavy atom. The van der Waals surface area contributed by atoms with Crippen molar-refractivity contribution in [2.75, 3.05) is 11.9 Å². The van der Waals surface area contributed by atoms with Gasteiger partial charge in [0.25, 0.3) is 0 Å². The molecule has 0 saturated carbocycles. The lowest BCUT2D eigenvalue weighted by atomic mass is 10.4. The van der Waals surface area contributed by atoms with Crippen LogP contribution in [0.3, 0.4) is 0 Å². The predicted molar refractivity (Wildman–Crippen MR) is 77.9 cm³/mol. The SMILES string of the molecule is Cc1sc(N(C)Cc2cc(Br)cs2)nc1C(=O)O. The molecule has 0 fully saturated rings. The van der Waals surface area contributed by atoms with E-state index >= 15 is 0 Å². The highest BCUT2D eigenvalue weighted by atomic mass is 79.9. The van der Waals surface area contributed by atoms with E-state index in [4.69, 9.17) is 5.11 Å². The normalized spacial score (nSPS) is 10.6. The van der Waals surface area contributed by atoms with E-state index in [0.29, 0.717) is 0 Å². The average Bonchev–Trinajstić information content (AvgIpc) is 2.85. The molecule has 0 aliphatic heterocycles. The smallest absolute Gasteiger partial charge is 0.355 e. The Morgan fingerprint density at radius 1 is 1.61 bits per heavy atom. The lowest BCUT2D eigenvalue weighted by Crippen LogP contribution is -2.15. The molecule has 2 rings (SSSR count). The van der Waals surface area contributed by atoms with Gasteiger partial charge in [-0.05, 0) is 28.9 Å². The molecule has 0 aromatic carbocycles. The van der Waals surface area contributed by atoms with Gasteiger partial charge in [-0.25, -0.2) is 9.78 Å². The minimum absolute atomic E-state index is 0.147. The minimum Gasteiger partial charge on any atom is -0.476 e.